The Morgan fingerprint density at radius 3 is 2.72 bits per heavy atom. The molecular formula is C13H16BrNO3. The highest BCUT2D eigenvalue weighted by molar-refractivity contribution is 9.10. The molecule has 0 aliphatic heterocycles. The summed E-state index contributed by atoms with van der Waals surface area (Å²) < 4.78 is 5.61. The van der Waals surface area contributed by atoms with Gasteiger partial charge in [0.25, 0.3) is 0 Å². The molecule has 0 aliphatic rings. The molecule has 5 heteroatoms. The van der Waals surface area contributed by atoms with E-state index in [0.717, 1.165) is 10.0 Å². The first-order valence-corrected chi connectivity index (χ1v) is 6.54. The van der Waals surface area contributed by atoms with Gasteiger partial charge in [-0.2, -0.15) is 0 Å². The van der Waals surface area contributed by atoms with E-state index in [9.17, 15) is 9.59 Å². The van der Waals surface area contributed by atoms with Crippen molar-refractivity contribution in [3.63, 3.8) is 0 Å². The number of rotatable bonds is 5. The highest BCUT2D eigenvalue weighted by Gasteiger charge is 2.09. The predicted molar refractivity (Wildman–Crippen MR) is 73.4 cm³/mol. The van der Waals surface area contributed by atoms with E-state index in [1.165, 1.54) is 0 Å². The van der Waals surface area contributed by atoms with E-state index in [1.54, 1.807) is 13.0 Å². The van der Waals surface area contributed by atoms with Gasteiger partial charge in [-0.1, -0.05) is 12.1 Å². The van der Waals surface area contributed by atoms with Crippen molar-refractivity contribution in [3.8, 4) is 0 Å². The van der Waals surface area contributed by atoms with E-state index in [0.29, 0.717) is 12.3 Å². The van der Waals surface area contributed by atoms with Crippen LogP contribution in [0.5, 0.6) is 0 Å². The van der Waals surface area contributed by atoms with Crippen molar-refractivity contribution in [2.45, 2.75) is 26.7 Å². The van der Waals surface area contributed by atoms with Crippen LogP contribution in [-0.2, 0) is 14.3 Å². The molecule has 0 fully saturated rings. The first kappa shape index (κ1) is 14.7. The number of aryl methyl sites for hydroxylation is 1. The van der Waals surface area contributed by atoms with E-state index in [4.69, 9.17) is 4.74 Å². The summed E-state index contributed by atoms with van der Waals surface area (Å²) in [5.74, 6) is -0.551. The van der Waals surface area contributed by atoms with E-state index >= 15 is 0 Å². The lowest BCUT2D eigenvalue weighted by molar-refractivity contribution is -0.144. The molecular weight excluding hydrogens is 298 g/mol. The number of nitrogens with one attached hydrogen (secondary N) is 1. The quantitative estimate of drug-likeness (QED) is 0.850. The topological polar surface area (TPSA) is 55.4 Å². The maximum absolute atomic E-state index is 11.6. The highest BCUT2D eigenvalue weighted by atomic mass is 79.9. The number of halogens is 1. The Bertz CT molecular complexity index is 446. The van der Waals surface area contributed by atoms with Crippen molar-refractivity contribution in [1.82, 2.24) is 0 Å². The minimum Gasteiger partial charge on any atom is -0.466 e. The lowest BCUT2D eigenvalue weighted by Gasteiger charge is -2.08. The molecule has 0 spiro atoms. The van der Waals surface area contributed by atoms with Crippen molar-refractivity contribution in [1.29, 1.82) is 0 Å². The lowest BCUT2D eigenvalue weighted by Crippen LogP contribution is -2.15. The van der Waals surface area contributed by atoms with Crippen LogP contribution in [-0.4, -0.2) is 18.5 Å². The van der Waals surface area contributed by atoms with Crippen molar-refractivity contribution >= 4 is 33.5 Å². The number of ether oxygens (including phenoxy) is 1. The van der Waals surface area contributed by atoms with E-state index in [-0.39, 0.29) is 24.7 Å². The number of anilines is 1. The third-order valence-electron chi connectivity index (χ3n) is 2.33. The summed E-state index contributed by atoms with van der Waals surface area (Å²) in [5, 5.41) is 2.75. The molecule has 0 aliphatic carbocycles. The summed E-state index contributed by atoms with van der Waals surface area (Å²) in [6.45, 7) is 4.02. The van der Waals surface area contributed by atoms with Gasteiger partial charge in [-0.05, 0) is 41.4 Å². The van der Waals surface area contributed by atoms with Crippen molar-refractivity contribution in [2.75, 3.05) is 11.9 Å². The van der Waals surface area contributed by atoms with Crippen LogP contribution in [0.3, 0.4) is 0 Å². The Labute approximate surface area is 115 Å². The van der Waals surface area contributed by atoms with Gasteiger partial charge in [-0.15, -0.1) is 0 Å². The zero-order chi connectivity index (χ0) is 13.5. The van der Waals surface area contributed by atoms with Crippen LogP contribution in [0, 0.1) is 6.92 Å². The zero-order valence-corrected chi connectivity index (χ0v) is 12.0. The number of carbonyl (C=O) groups is 2. The number of carbonyl (C=O) groups excluding carboxylic acids is 2. The van der Waals surface area contributed by atoms with Gasteiger partial charge < -0.3 is 10.1 Å². The van der Waals surface area contributed by atoms with Crippen LogP contribution in [0.2, 0.25) is 0 Å². The number of esters is 1. The number of hydrogen-bond acceptors (Lipinski definition) is 3. The molecule has 0 saturated heterocycles. The summed E-state index contributed by atoms with van der Waals surface area (Å²) >= 11 is 3.41. The van der Waals surface area contributed by atoms with Gasteiger partial charge in [-0.25, -0.2) is 0 Å². The molecule has 0 radical (unpaired) electrons. The number of amides is 1. The van der Waals surface area contributed by atoms with Crippen molar-refractivity contribution in [2.24, 2.45) is 0 Å². The Hall–Kier alpha value is -1.36. The van der Waals surface area contributed by atoms with Crippen molar-refractivity contribution < 1.29 is 14.3 Å². The normalized spacial score (nSPS) is 9.94. The average molecular weight is 314 g/mol. The van der Waals surface area contributed by atoms with Gasteiger partial charge in [0.1, 0.15) is 0 Å². The Balaban J connectivity index is 2.50. The van der Waals surface area contributed by atoms with Crippen LogP contribution < -0.4 is 5.32 Å². The SMILES string of the molecule is CCOC(=O)CCC(=O)Nc1cccc(C)c1Br. The van der Waals surface area contributed by atoms with E-state index in [2.05, 4.69) is 21.2 Å². The lowest BCUT2D eigenvalue weighted by atomic mass is 10.2. The largest absolute Gasteiger partial charge is 0.466 e. The molecule has 1 rings (SSSR count). The van der Waals surface area contributed by atoms with Crippen molar-refractivity contribution in [3.05, 3.63) is 28.2 Å². The predicted octanol–water partition coefficient (Wildman–Crippen LogP) is 3.04. The molecule has 1 N–H and O–H groups in total. The molecule has 1 aromatic rings. The Morgan fingerprint density at radius 2 is 2.06 bits per heavy atom. The fraction of sp³-hybridized carbons (Fsp3) is 0.385. The van der Waals surface area contributed by atoms with E-state index in [1.807, 2.05) is 19.1 Å². The fourth-order valence-electron chi connectivity index (χ4n) is 1.41. The summed E-state index contributed by atoms with van der Waals surface area (Å²) in [7, 11) is 0. The standard InChI is InChI=1S/C13H16BrNO3/c1-3-18-12(17)8-7-11(16)15-10-6-4-5-9(2)13(10)14/h4-6H,3,7-8H2,1-2H3,(H,15,16). The maximum atomic E-state index is 11.6. The fourth-order valence-corrected chi connectivity index (χ4v) is 1.77. The van der Waals surface area contributed by atoms with Crippen LogP contribution in [0.25, 0.3) is 0 Å². The van der Waals surface area contributed by atoms with Crippen LogP contribution in [0.15, 0.2) is 22.7 Å². The minimum atomic E-state index is -0.351. The van der Waals surface area contributed by atoms with Gasteiger partial charge in [0.05, 0.1) is 18.7 Å². The third-order valence-corrected chi connectivity index (χ3v) is 3.38. The van der Waals surface area contributed by atoms with E-state index < -0.39 is 0 Å². The molecule has 0 aromatic heterocycles. The molecule has 4 nitrogen and oxygen atoms in total. The molecule has 0 heterocycles. The number of hydrogen-bond donors (Lipinski definition) is 1. The second kappa shape index (κ2) is 7.16. The molecule has 0 saturated carbocycles. The Kier molecular flexibility index (Phi) is 5.85. The van der Waals surface area contributed by atoms with Gasteiger partial charge >= 0.3 is 5.97 Å². The molecule has 1 aromatic carbocycles. The Morgan fingerprint density at radius 1 is 1.33 bits per heavy atom. The average Bonchev–Trinajstić information content (AvgIpc) is 2.33. The van der Waals surface area contributed by atoms with Gasteiger partial charge in [0.15, 0.2) is 0 Å². The summed E-state index contributed by atoms with van der Waals surface area (Å²) in [5.41, 5.74) is 1.75. The molecule has 0 unspecified atom stereocenters. The zero-order valence-electron chi connectivity index (χ0n) is 10.5. The summed E-state index contributed by atoms with van der Waals surface area (Å²) in [4.78, 5) is 22.8. The summed E-state index contributed by atoms with van der Waals surface area (Å²) in [6.07, 6.45) is 0.225. The minimum absolute atomic E-state index is 0.100. The van der Waals surface area contributed by atoms with Crippen LogP contribution >= 0.6 is 15.9 Å². The van der Waals surface area contributed by atoms with Crippen LogP contribution in [0.4, 0.5) is 5.69 Å². The molecule has 18 heavy (non-hydrogen) atoms. The van der Waals surface area contributed by atoms with Gasteiger partial charge in [-0.3, -0.25) is 9.59 Å². The second-order valence-corrected chi connectivity index (χ2v) is 4.58. The smallest absolute Gasteiger partial charge is 0.306 e. The third kappa shape index (κ3) is 4.49. The highest BCUT2D eigenvalue weighted by Crippen LogP contribution is 2.25. The van der Waals surface area contributed by atoms with Gasteiger partial charge in [0, 0.05) is 10.9 Å². The monoisotopic (exact) mass is 313 g/mol. The molecule has 0 atom stereocenters. The number of benzene rings is 1. The maximum Gasteiger partial charge on any atom is 0.306 e. The first-order valence-electron chi connectivity index (χ1n) is 5.75. The summed E-state index contributed by atoms with van der Waals surface area (Å²) in [6, 6.07) is 5.61. The molecule has 98 valence electrons. The second-order valence-electron chi connectivity index (χ2n) is 3.79. The first-order chi connectivity index (χ1) is 8.54. The molecule has 0 bridgehead atoms. The van der Waals surface area contributed by atoms with Crippen LogP contribution in [0.1, 0.15) is 25.3 Å². The molecule has 1 amide bonds. The van der Waals surface area contributed by atoms with Gasteiger partial charge in [0.2, 0.25) is 5.91 Å².